The zero-order chi connectivity index (χ0) is 17.8. The van der Waals surface area contributed by atoms with Gasteiger partial charge in [-0.3, -0.25) is 4.79 Å². The number of hydrogen-bond donors (Lipinski definition) is 0. The summed E-state index contributed by atoms with van der Waals surface area (Å²) in [5.74, 6) is 0.942. The maximum atomic E-state index is 13.2. The summed E-state index contributed by atoms with van der Waals surface area (Å²) in [4.78, 5) is 19.0. The van der Waals surface area contributed by atoms with Crippen LogP contribution in [0.3, 0.4) is 0 Å². The van der Waals surface area contributed by atoms with Crippen LogP contribution >= 0.6 is 11.6 Å². The van der Waals surface area contributed by atoms with E-state index in [9.17, 15) is 9.18 Å². The molecule has 0 radical (unpaired) electrons. The van der Waals surface area contributed by atoms with Crippen LogP contribution in [0.25, 0.3) is 0 Å². The van der Waals surface area contributed by atoms with Gasteiger partial charge >= 0.3 is 0 Å². The highest BCUT2D eigenvalue weighted by Crippen LogP contribution is 2.29. The minimum absolute atomic E-state index is 0.127. The maximum absolute atomic E-state index is 13.2. The fourth-order valence-corrected chi connectivity index (χ4v) is 3.62. The van der Waals surface area contributed by atoms with Gasteiger partial charge in [-0.15, -0.1) is 0 Å². The average Bonchev–Trinajstić information content (AvgIpc) is 3.08. The third-order valence-corrected chi connectivity index (χ3v) is 5.12. The molecule has 1 amide bonds. The molecule has 0 bridgehead atoms. The van der Waals surface area contributed by atoms with Crippen molar-refractivity contribution >= 4 is 17.5 Å². The maximum Gasteiger partial charge on any atom is 0.255 e. The molecule has 2 heterocycles. The molecule has 1 aromatic heterocycles. The van der Waals surface area contributed by atoms with Gasteiger partial charge in [0.2, 0.25) is 0 Å². The van der Waals surface area contributed by atoms with Crippen molar-refractivity contribution in [3.63, 3.8) is 0 Å². The predicted molar refractivity (Wildman–Crippen MR) is 96.4 cm³/mol. The van der Waals surface area contributed by atoms with Crippen LogP contribution in [0.2, 0.25) is 5.02 Å². The molecular formula is C19H23ClFN3O. The standard InChI is InChI=1S/C19H23ClFN3O/c1-2-3-9-23-12-8-22-18(23)14-6-10-24(11-7-14)19(25)16-5-4-15(21)13-17(16)20/h4-5,8,12-14H,2-3,6-7,9-11H2,1H3. The van der Waals surface area contributed by atoms with Gasteiger partial charge in [0, 0.05) is 37.9 Å². The van der Waals surface area contributed by atoms with E-state index in [0.29, 0.717) is 24.6 Å². The highest BCUT2D eigenvalue weighted by molar-refractivity contribution is 6.33. The molecule has 2 aromatic rings. The Morgan fingerprint density at radius 1 is 1.36 bits per heavy atom. The molecule has 1 aliphatic heterocycles. The minimum Gasteiger partial charge on any atom is -0.339 e. The molecule has 0 N–H and O–H groups in total. The van der Waals surface area contributed by atoms with E-state index in [1.54, 1.807) is 4.90 Å². The Bertz CT molecular complexity index is 738. The zero-order valence-electron chi connectivity index (χ0n) is 14.4. The van der Waals surface area contributed by atoms with E-state index < -0.39 is 5.82 Å². The number of aryl methyl sites for hydroxylation is 1. The number of unbranched alkanes of at least 4 members (excludes halogenated alkanes) is 1. The largest absolute Gasteiger partial charge is 0.339 e. The first-order chi connectivity index (χ1) is 12.1. The van der Waals surface area contributed by atoms with E-state index in [1.807, 2.05) is 12.4 Å². The number of amides is 1. The van der Waals surface area contributed by atoms with Crippen molar-refractivity contribution in [3.05, 3.63) is 52.8 Å². The number of rotatable bonds is 5. The molecule has 0 unspecified atom stereocenters. The SMILES string of the molecule is CCCCn1ccnc1C1CCN(C(=O)c2ccc(F)cc2Cl)CC1. The molecular weight excluding hydrogens is 341 g/mol. The number of hydrogen-bond acceptors (Lipinski definition) is 2. The van der Waals surface area contributed by atoms with Gasteiger partial charge in [0.1, 0.15) is 11.6 Å². The average molecular weight is 364 g/mol. The molecule has 4 nitrogen and oxygen atoms in total. The van der Waals surface area contributed by atoms with E-state index >= 15 is 0 Å². The number of carbonyl (C=O) groups excluding carboxylic acids is 1. The molecule has 0 saturated carbocycles. The Kier molecular flexibility index (Phi) is 5.74. The van der Waals surface area contributed by atoms with Crippen molar-refractivity contribution < 1.29 is 9.18 Å². The first kappa shape index (κ1) is 17.9. The number of likely N-dealkylation sites (tertiary alicyclic amines) is 1. The monoisotopic (exact) mass is 363 g/mol. The molecule has 0 spiro atoms. The summed E-state index contributed by atoms with van der Waals surface area (Å²) in [6, 6.07) is 3.92. The smallest absolute Gasteiger partial charge is 0.255 e. The van der Waals surface area contributed by atoms with Crippen molar-refractivity contribution in [1.82, 2.24) is 14.5 Å². The third kappa shape index (κ3) is 4.03. The van der Waals surface area contributed by atoms with Crippen molar-refractivity contribution in [3.8, 4) is 0 Å². The normalized spacial score (nSPS) is 15.6. The number of halogens is 2. The van der Waals surface area contributed by atoms with Crippen LogP contribution < -0.4 is 0 Å². The summed E-state index contributed by atoms with van der Waals surface area (Å²) in [5.41, 5.74) is 0.367. The lowest BCUT2D eigenvalue weighted by molar-refractivity contribution is 0.0710. The highest BCUT2D eigenvalue weighted by Gasteiger charge is 2.27. The summed E-state index contributed by atoms with van der Waals surface area (Å²) in [7, 11) is 0. The lowest BCUT2D eigenvalue weighted by Crippen LogP contribution is -2.38. The van der Waals surface area contributed by atoms with E-state index in [0.717, 1.165) is 38.1 Å². The van der Waals surface area contributed by atoms with Crippen molar-refractivity contribution in [2.75, 3.05) is 13.1 Å². The van der Waals surface area contributed by atoms with Crippen LogP contribution in [-0.2, 0) is 6.54 Å². The summed E-state index contributed by atoms with van der Waals surface area (Å²) >= 11 is 6.02. The predicted octanol–water partition coefficient (Wildman–Crippen LogP) is 4.50. The molecule has 1 aromatic carbocycles. The third-order valence-electron chi connectivity index (χ3n) is 4.81. The molecule has 0 aliphatic carbocycles. The topological polar surface area (TPSA) is 38.1 Å². The Morgan fingerprint density at radius 2 is 2.12 bits per heavy atom. The number of imidazole rings is 1. The van der Waals surface area contributed by atoms with Gasteiger partial charge in [-0.1, -0.05) is 24.9 Å². The lowest BCUT2D eigenvalue weighted by Gasteiger charge is -2.32. The second-order valence-electron chi connectivity index (χ2n) is 6.52. The molecule has 134 valence electrons. The van der Waals surface area contributed by atoms with Crippen LogP contribution in [0.4, 0.5) is 4.39 Å². The quantitative estimate of drug-likeness (QED) is 0.784. The number of nitrogens with zero attached hydrogens (tertiary/aromatic N) is 3. The van der Waals surface area contributed by atoms with Crippen molar-refractivity contribution in [2.24, 2.45) is 0 Å². The fraction of sp³-hybridized carbons (Fsp3) is 0.474. The second kappa shape index (κ2) is 8.00. The summed E-state index contributed by atoms with van der Waals surface area (Å²) in [5, 5.41) is 0.169. The Morgan fingerprint density at radius 3 is 2.80 bits per heavy atom. The molecule has 1 saturated heterocycles. The molecule has 3 rings (SSSR count). The fourth-order valence-electron chi connectivity index (χ4n) is 3.37. The number of carbonyl (C=O) groups is 1. The molecule has 0 atom stereocenters. The molecule has 1 aliphatic rings. The summed E-state index contributed by atoms with van der Waals surface area (Å²) in [6.07, 6.45) is 7.97. The van der Waals surface area contributed by atoms with Crippen LogP contribution in [0.5, 0.6) is 0 Å². The summed E-state index contributed by atoms with van der Waals surface area (Å²) < 4.78 is 15.4. The number of piperidine rings is 1. The first-order valence-electron chi connectivity index (χ1n) is 8.85. The van der Waals surface area contributed by atoms with Gasteiger partial charge in [-0.2, -0.15) is 0 Å². The zero-order valence-corrected chi connectivity index (χ0v) is 15.2. The molecule has 6 heteroatoms. The number of aromatic nitrogens is 2. The van der Waals surface area contributed by atoms with Crippen LogP contribution in [-0.4, -0.2) is 33.4 Å². The Hall–Kier alpha value is -1.88. The van der Waals surface area contributed by atoms with E-state index in [1.165, 1.54) is 18.2 Å². The van der Waals surface area contributed by atoms with Crippen molar-refractivity contribution in [2.45, 2.75) is 45.1 Å². The van der Waals surface area contributed by atoms with Crippen molar-refractivity contribution in [1.29, 1.82) is 0 Å². The van der Waals surface area contributed by atoms with E-state index in [2.05, 4.69) is 16.5 Å². The van der Waals surface area contributed by atoms with Gasteiger partial charge in [-0.05, 0) is 37.5 Å². The van der Waals surface area contributed by atoms with Gasteiger partial charge in [0.05, 0.1) is 10.6 Å². The van der Waals surface area contributed by atoms with Gasteiger partial charge < -0.3 is 9.47 Å². The van der Waals surface area contributed by atoms with Crippen LogP contribution in [0.1, 0.15) is 54.7 Å². The molecule has 25 heavy (non-hydrogen) atoms. The van der Waals surface area contributed by atoms with E-state index in [-0.39, 0.29) is 10.9 Å². The first-order valence-corrected chi connectivity index (χ1v) is 9.23. The molecule has 1 fully saturated rings. The Balaban J connectivity index is 1.64. The van der Waals surface area contributed by atoms with Gasteiger partial charge in [-0.25, -0.2) is 9.37 Å². The van der Waals surface area contributed by atoms with Gasteiger partial charge in [0.25, 0.3) is 5.91 Å². The lowest BCUT2D eigenvalue weighted by atomic mass is 9.95. The minimum atomic E-state index is -0.431. The van der Waals surface area contributed by atoms with E-state index in [4.69, 9.17) is 11.6 Å². The van der Waals surface area contributed by atoms with Crippen LogP contribution in [0.15, 0.2) is 30.6 Å². The van der Waals surface area contributed by atoms with Gasteiger partial charge in [0.15, 0.2) is 0 Å². The highest BCUT2D eigenvalue weighted by atomic mass is 35.5. The Labute approximate surface area is 152 Å². The van der Waals surface area contributed by atoms with Crippen LogP contribution in [0, 0.1) is 5.82 Å². The summed E-state index contributed by atoms with van der Waals surface area (Å²) in [6.45, 7) is 4.51. The second-order valence-corrected chi connectivity index (χ2v) is 6.93. The number of benzene rings is 1.